The van der Waals surface area contributed by atoms with E-state index < -0.39 is 0 Å². The van der Waals surface area contributed by atoms with Crippen molar-refractivity contribution in [2.24, 2.45) is 5.73 Å². The van der Waals surface area contributed by atoms with Gasteiger partial charge in [-0.15, -0.1) is 0 Å². The zero-order chi connectivity index (χ0) is 8.97. The molecule has 4 N–H and O–H groups in total. The van der Waals surface area contributed by atoms with Gasteiger partial charge < -0.3 is 16.4 Å². The number of hydrogen-bond acceptors (Lipinski definition) is 4. The SMILES string of the molecule is CN(CCN)c1ccc(N)cn1. The molecule has 0 radical (unpaired) electrons. The molecular formula is C8H14N4. The molecule has 4 nitrogen and oxygen atoms in total. The van der Waals surface area contributed by atoms with Gasteiger partial charge in [-0.2, -0.15) is 0 Å². The summed E-state index contributed by atoms with van der Waals surface area (Å²) < 4.78 is 0. The molecule has 0 aliphatic carbocycles. The van der Waals surface area contributed by atoms with Crippen LogP contribution in [0.25, 0.3) is 0 Å². The first-order chi connectivity index (χ1) is 5.74. The average Bonchev–Trinajstić information content (AvgIpc) is 2.06. The van der Waals surface area contributed by atoms with Crippen molar-refractivity contribution in [3.8, 4) is 0 Å². The molecule has 0 aliphatic heterocycles. The summed E-state index contributed by atoms with van der Waals surface area (Å²) >= 11 is 0. The Morgan fingerprint density at radius 2 is 2.25 bits per heavy atom. The normalized spacial score (nSPS) is 9.83. The Kier molecular flexibility index (Phi) is 2.88. The third-order valence-corrected chi connectivity index (χ3v) is 1.63. The summed E-state index contributed by atoms with van der Waals surface area (Å²) in [6, 6.07) is 3.71. The highest BCUT2D eigenvalue weighted by Crippen LogP contribution is 2.09. The number of hydrogen-bond donors (Lipinski definition) is 2. The van der Waals surface area contributed by atoms with E-state index in [1.807, 2.05) is 24.1 Å². The number of anilines is 2. The van der Waals surface area contributed by atoms with Gasteiger partial charge in [0, 0.05) is 20.1 Å². The highest BCUT2D eigenvalue weighted by Gasteiger charge is 1.98. The Morgan fingerprint density at radius 3 is 2.75 bits per heavy atom. The van der Waals surface area contributed by atoms with Crippen molar-refractivity contribution in [1.29, 1.82) is 0 Å². The molecule has 0 unspecified atom stereocenters. The zero-order valence-corrected chi connectivity index (χ0v) is 7.20. The van der Waals surface area contributed by atoms with Gasteiger partial charge in [0.15, 0.2) is 0 Å². The Labute approximate surface area is 72.2 Å². The minimum atomic E-state index is 0.628. The van der Waals surface area contributed by atoms with Crippen LogP contribution in [0.4, 0.5) is 11.5 Å². The van der Waals surface area contributed by atoms with E-state index in [2.05, 4.69) is 4.98 Å². The second-order valence-electron chi connectivity index (χ2n) is 2.66. The number of nitrogen functional groups attached to an aromatic ring is 1. The van der Waals surface area contributed by atoms with Crippen molar-refractivity contribution < 1.29 is 0 Å². The van der Waals surface area contributed by atoms with E-state index in [9.17, 15) is 0 Å². The molecule has 1 heterocycles. The summed E-state index contributed by atoms with van der Waals surface area (Å²) in [5.74, 6) is 0.898. The molecule has 1 aromatic rings. The second-order valence-corrected chi connectivity index (χ2v) is 2.66. The molecule has 0 atom stereocenters. The first kappa shape index (κ1) is 8.80. The number of aromatic nitrogens is 1. The second kappa shape index (κ2) is 3.92. The first-order valence-electron chi connectivity index (χ1n) is 3.87. The topological polar surface area (TPSA) is 68.2 Å². The summed E-state index contributed by atoms with van der Waals surface area (Å²) in [5, 5.41) is 0. The number of nitrogens with two attached hydrogens (primary N) is 2. The monoisotopic (exact) mass is 166 g/mol. The van der Waals surface area contributed by atoms with Crippen LogP contribution in [-0.2, 0) is 0 Å². The van der Waals surface area contributed by atoms with E-state index in [1.54, 1.807) is 6.20 Å². The lowest BCUT2D eigenvalue weighted by molar-refractivity contribution is 0.869. The number of nitrogens with zero attached hydrogens (tertiary/aromatic N) is 2. The Balaban J connectivity index is 2.68. The lowest BCUT2D eigenvalue weighted by Crippen LogP contribution is -2.25. The fourth-order valence-electron chi connectivity index (χ4n) is 0.931. The largest absolute Gasteiger partial charge is 0.397 e. The third-order valence-electron chi connectivity index (χ3n) is 1.63. The summed E-state index contributed by atoms with van der Waals surface area (Å²) in [6.45, 7) is 1.43. The van der Waals surface area contributed by atoms with Gasteiger partial charge in [0.05, 0.1) is 11.9 Å². The molecule has 0 saturated carbocycles. The van der Waals surface area contributed by atoms with Crippen LogP contribution in [0.5, 0.6) is 0 Å². The maximum Gasteiger partial charge on any atom is 0.128 e. The minimum absolute atomic E-state index is 0.628. The summed E-state index contributed by atoms with van der Waals surface area (Å²) in [6.07, 6.45) is 1.64. The van der Waals surface area contributed by atoms with E-state index in [0.29, 0.717) is 12.2 Å². The molecule has 66 valence electrons. The van der Waals surface area contributed by atoms with E-state index in [0.717, 1.165) is 12.4 Å². The van der Waals surface area contributed by atoms with Gasteiger partial charge in [-0.05, 0) is 12.1 Å². The summed E-state index contributed by atoms with van der Waals surface area (Å²) in [4.78, 5) is 6.13. The molecule has 12 heavy (non-hydrogen) atoms. The van der Waals surface area contributed by atoms with Crippen molar-refractivity contribution >= 4 is 11.5 Å². The van der Waals surface area contributed by atoms with Crippen LogP contribution in [0.15, 0.2) is 18.3 Å². The van der Waals surface area contributed by atoms with Gasteiger partial charge in [-0.1, -0.05) is 0 Å². The highest BCUT2D eigenvalue weighted by molar-refractivity contribution is 5.45. The van der Waals surface area contributed by atoms with E-state index in [-0.39, 0.29) is 0 Å². The van der Waals surface area contributed by atoms with Gasteiger partial charge in [-0.3, -0.25) is 0 Å². The van der Waals surface area contributed by atoms with Crippen LogP contribution in [0, 0.1) is 0 Å². The van der Waals surface area contributed by atoms with Gasteiger partial charge in [-0.25, -0.2) is 4.98 Å². The Hall–Kier alpha value is -1.29. The highest BCUT2D eigenvalue weighted by atomic mass is 15.2. The van der Waals surface area contributed by atoms with Gasteiger partial charge in [0.25, 0.3) is 0 Å². The Bertz CT molecular complexity index is 231. The predicted octanol–water partition coefficient (Wildman–Crippen LogP) is 0.0587. The lowest BCUT2D eigenvalue weighted by atomic mass is 10.4. The molecule has 4 heteroatoms. The zero-order valence-electron chi connectivity index (χ0n) is 7.20. The molecule has 0 amide bonds. The van der Waals surface area contributed by atoms with Gasteiger partial charge >= 0.3 is 0 Å². The molecule has 0 aliphatic rings. The van der Waals surface area contributed by atoms with Crippen LogP contribution < -0.4 is 16.4 Å². The van der Waals surface area contributed by atoms with Crippen molar-refractivity contribution in [2.45, 2.75) is 0 Å². The standard InChI is InChI=1S/C8H14N4/c1-12(5-4-9)8-3-2-7(10)6-11-8/h2-3,6H,4-5,9-10H2,1H3. The molecule has 0 aromatic carbocycles. The summed E-state index contributed by atoms with van der Waals surface area (Å²) in [7, 11) is 1.95. The molecule has 1 aromatic heterocycles. The van der Waals surface area contributed by atoms with Crippen LogP contribution in [0.3, 0.4) is 0 Å². The van der Waals surface area contributed by atoms with Crippen LogP contribution in [0.1, 0.15) is 0 Å². The fourth-order valence-corrected chi connectivity index (χ4v) is 0.931. The number of likely N-dealkylation sites (N-methyl/N-ethyl adjacent to an activating group) is 1. The van der Waals surface area contributed by atoms with E-state index in [1.165, 1.54) is 0 Å². The van der Waals surface area contributed by atoms with Crippen molar-refractivity contribution in [2.75, 3.05) is 30.8 Å². The lowest BCUT2D eigenvalue weighted by Gasteiger charge is -2.16. The van der Waals surface area contributed by atoms with Crippen LogP contribution >= 0.6 is 0 Å². The number of rotatable bonds is 3. The molecule has 0 fully saturated rings. The van der Waals surface area contributed by atoms with Crippen molar-refractivity contribution in [3.05, 3.63) is 18.3 Å². The Morgan fingerprint density at radius 1 is 1.50 bits per heavy atom. The van der Waals surface area contributed by atoms with Gasteiger partial charge in [0.2, 0.25) is 0 Å². The maximum absolute atomic E-state index is 5.50. The van der Waals surface area contributed by atoms with Crippen molar-refractivity contribution in [1.82, 2.24) is 4.98 Å². The van der Waals surface area contributed by atoms with E-state index in [4.69, 9.17) is 11.5 Å². The minimum Gasteiger partial charge on any atom is -0.397 e. The molecule has 0 bridgehead atoms. The smallest absolute Gasteiger partial charge is 0.128 e. The molecular weight excluding hydrogens is 152 g/mol. The molecule has 1 rings (SSSR count). The van der Waals surface area contributed by atoms with E-state index >= 15 is 0 Å². The van der Waals surface area contributed by atoms with Crippen molar-refractivity contribution in [3.63, 3.8) is 0 Å². The number of pyridine rings is 1. The van der Waals surface area contributed by atoms with Crippen LogP contribution in [-0.4, -0.2) is 25.1 Å². The van der Waals surface area contributed by atoms with Gasteiger partial charge in [0.1, 0.15) is 5.82 Å². The fraction of sp³-hybridized carbons (Fsp3) is 0.375. The quantitative estimate of drug-likeness (QED) is 0.666. The average molecular weight is 166 g/mol. The third kappa shape index (κ3) is 2.10. The molecule has 0 saturated heterocycles. The first-order valence-corrected chi connectivity index (χ1v) is 3.87. The predicted molar refractivity (Wildman–Crippen MR) is 51.0 cm³/mol. The molecule has 0 spiro atoms. The maximum atomic E-state index is 5.50. The summed E-state index contributed by atoms with van der Waals surface area (Å²) in [5.41, 5.74) is 11.6. The van der Waals surface area contributed by atoms with Crippen LogP contribution in [0.2, 0.25) is 0 Å².